The molecule has 4 atom stereocenters. The van der Waals surface area contributed by atoms with Crippen LogP contribution in [-0.2, 0) is 9.59 Å². The third-order valence-corrected chi connectivity index (χ3v) is 4.37. The van der Waals surface area contributed by atoms with E-state index in [0.29, 0.717) is 18.4 Å². The third-order valence-electron chi connectivity index (χ3n) is 4.37. The summed E-state index contributed by atoms with van der Waals surface area (Å²) in [6.45, 7) is 1.92. The summed E-state index contributed by atoms with van der Waals surface area (Å²) in [5.41, 5.74) is 0. The van der Waals surface area contributed by atoms with Gasteiger partial charge in [-0.1, -0.05) is 26.2 Å². The first-order valence-corrected chi connectivity index (χ1v) is 7.41. The fraction of sp³-hybridized carbons (Fsp3) is 0.857. The predicted molar refractivity (Wildman–Crippen MR) is 71.8 cm³/mol. The van der Waals surface area contributed by atoms with E-state index in [4.69, 9.17) is 5.11 Å². The molecule has 5 heteroatoms. The minimum Gasteiger partial charge on any atom is -0.480 e. The van der Waals surface area contributed by atoms with Crippen molar-refractivity contribution in [1.29, 1.82) is 0 Å². The minimum atomic E-state index is -0.939. The standard InChI is InChI=1S/C14H24N2O3/c1-2-5-11(14(18)19)16-13(17)12-8-9-6-3-4-7-10(9)15-12/h9-12,15H,2-8H2,1H3,(H,16,17)(H,18,19)/t9?,10?,11-,12?/m0/s1. The number of carboxylic acid groups (broad SMARTS) is 1. The Morgan fingerprint density at radius 3 is 2.74 bits per heavy atom. The van der Waals surface area contributed by atoms with Gasteiger partial charge in [-0.3, -0.25) is 4.79 Å². The molecule has 1 aliphatic heterocycles. The van der Waals surface area contributed by atoms with Crippen molar-refractivity contribution in [3.8, 4) is 0 Å². The van der Waals surface area contributed by atoms with Crippen LogP contribution in [0.25, 0.3) is 0 Å². The lowest BCUT2D eigenvalue weighted by atomic mass is 9.85. The fourth-order valence-corrected chi connectivity index (χ4v) is 3.34. The first kappa shape index (κ1) is 14.3. The molecule has 3 unspecified atom stereocenters. The van der Waals surface area contributed by atoms with Crippen LogP contribution in [0.3, 0.4) is 0 Å². The number of aliphatic carboxylic acids is 1. The Labute approximate surface area is 114 Å². The van der Waals surface area contributed by atoms with Crippen molar-refractivity contribution < 1.29 is 14.7 Å². The van der Waals surface area contributed by atoms with Gasteiger partial charge in [0.05, 0.1) is 6.04 Å². The highest BCUT2D eigenvalue weighted by Crippen LogP contribution is 2.33. The quantitative estimate of drug-likeness (QED) is 0.702. The number of hydrogen-bond acceptors (Lipinski definition) is 3. The van der Waals surface area contributed by atoms with E-state index < -0.39 is 12.0 Å². The molecule has 1 heterocycles. The van der Waals surface area contributed by atoms with Gasteiger partial charge in [0.15, 0.2) is 0 Å². The smallest absolute Gasteiger partial charge is 0.326 e. The molecule has 0 aromatic rings. The molecule has 19 heavy (non-hydrogen) atoms. The number of carboxylic acids is 1. The maximum Gasteiger partial charge on any atom is 0.326 e. The van der Waals surface area contributed by atoms with Gasteiger partial charge < -0.3 is 15.7 Å². The summed E-state index contributed by atoms with van der Waals surface area (Å²) in [6, 6.07) is -0.493. The van der Waals surface area contributed by atoms with Crippen molar-refractivity contribution >= 4 is 11.9 Å². The number of rotatable bonds is 5. The highest BCUT2D eigenvalue weighted by Gasteiger charge is 2.38. The SMILES string of the molecule is CCC[C@H](NC(=O)C1CC2CCCCC2N1)C(=O)O. The van der Waals surface area contributed by atoms with Crippen LogP contribution in [0.5, 0.6) is 0 Å². The zero-order valence-corrected chi connectivity index (χ0v) is 11.5. The van der Waals surface area contributed by atoms with Crippen molar-refractivity contribution in [3.63, 3.8) is 0 Å². The zero-order valence-electron chi connectivity index (χ0n) is 11.5. The van der Waals surface area contributed by atoms with Gasteiger partial charge in [-0.2, -0.15) is 0 Å². The Morgan fingerprint density at radius 1 is 1.37 bits per heavy atom. The highest BCUT2D eigenvalue weighted by atomic mass is 16.4. The summed E-state index contributed by atoms with van der Waals surface area (Å²) in [4.78, 5) is 23.2. The Balaban J connectivity index is 1.87. The van der Waals surface area contributed by atoms with E-state index in [2.05, 4.69) is 10.6 Å². The lowest BCUT2D eigenvalue weighted by Gasteiger charge is -2.24. The topological polar surface area (TPSA) is 78.4 Å². The van der Waals surface area contributed by atoms with E-state index in [-0.39, 0.29) is 11.9 Å². The lowest BCUT2D eigenvalue weighted by Crippen LogP contribution is -2.49. The van der Waals surface area contributed by atoms with E-state index >= 15 is 0 Å². The molecule has 108 valence electrons. The summed E-state index contributed by atoms with van der Waals surface area (Å²) >= 11 is 0. The number of nitrogens with one attached hydrogen (secondary N) is 2. The second kappa shape index (κ2) is 6.37. The normalized spacial score (nSPS) is 31.5. The second-order valence-corrected chi connectivity index (χ2v) is 5.79. The van der Waals surface area contributed by atoms with E-state index in [9.17, 15) is 9.59 Å². The Bertz CT molecular complexity index is 332. The van der Waals surface area contributed by atoms with Crippen molar-refractivity contribution in [2.75, 3.05) is 0 Å². The van der Waals surface area contributed by atoms with Crippen LogP contribution in [0.1, 0.15) is 51.9 Å². The molecular weight excluding hydrogens is 244 g/mol. The van der Waals surface area contributed by atoms with Gasteiger partial charge in [0.2, 0.25) is 5.91 Å². The number of carbonyl (C=O) groups excluding carboxylic acids is 1. The molecule has 2 rings (SSSR count). The van der Waals surface area contributed by atoms with Crippen molar-refractivity contribution in [1.82, 2.24) is 10.6 Å². The first-order valence-electron chi connectivity index (χ1n) is 7.41. The van der Waals surface area contributed by atoms with Crippen LogP contribution in [0.4, 0.5) is 0 Å². The number of hydrogen-bond donors (Lipinski definition) is 3. The van der Waals surface area contributed by atoms with Crippen molar-refractivity contribution in [2.24, 2.45) is 5.92 Å². The maximum atomic E-state index is 12.1. The summed E-state index contributed by atoms with van der Waals surface area (Å²) in [5, 5.41) is 15.1. The average Bonchev–Trinajstić information content (AvgIpc) is 2.81. The third kappa shape index (κ3) is 3.47. The average molecular weight is 268 g/mol. The molecule has 2 aliphatic rings. The monoisotopic (exact) mass is 268 g/mol. The molecule has 0 aromatic heterocycles. The van der Waals surface area contributed by atoms with Crippen LogP contribution in [0.2, 0.25) is 0 Å². The van der Waals surface area contributed by atoms with Crippen LogP contribution in [-0.4, -0.2) is 35.1 Å². The molecule has 0 bridgehead atoms. The Kier molecular flexibility index (Phi) is 4.80. The number of carbonyl (C=O) groups is 2. The Hall–Kier alpha value is -1.10. The molecule has 5 nitrogen and oxygen atoms in total. The molecule has 3 N–H and O–H groups in total. The number of fused-ring (bicyclic) bond motifs is 1. The van der Waals surface area contributed by atoms with Crippen molar-refractivity contribution in [2.45, 2.75) is 70.0 Å². The van der Waals surface area contributed by atoms with Gasteiger partial charge in [-0.25, -0.2) is 4.79 Å². The molecule has 0 spiro atoms. The minimum absolute atomic E-state index is 0.143. The summed E-state index contributed by atoms with van der Waals surface area (Å²) in [6.07, 6.45) is 6.92. The van der Waals surface area contributed by atoms with Gasteiger partial charge in [0.25, 0.3) is 0 Å². The molecule has 1 amide bonds. The summed E-state index contributed by atoms with van der Waals surface area (Å²) < 4.78 is 0. The van der Waals surface area contributed by atoms with E-state index in [0.717, 1.165) is 19.3 Å². The first-order chi connectivity index (χ1) is 9.11. The van der Waals surface area contributed by atoms with Crippen LogP contribution in [0.15, 0.2) is 0 Å². The second-order valence-electron chi connectivity index (χ2n) is 5.79. The molecular formula is C14H24N2O3. The van der Waals surface area contributed by atoms with E-state index in [1.807, 2.05) is 6.92 Å². The fourth-order valence-electron chi connectivity index (χ4n) is 3.34. The van der Waals surface area contributed by atoms with Gasteiger partial charge in [-0.05, 0) is 31.6 Å². The largest absolute Gasteiger partial charge is 0.480 e. The van der Waals surface area contributed by atoms with Gasteiger partial charge in [-0.15, -0.1) is 0 Å². The van der Waals surface area contributed by atoms with Gasteiger partial charge in [0.1, 0.15) is 6.04 Å². The molecule has 2 fully saturated rings. The van der Waals surface area contributed by atoms with Gasteiger partial charge >= 0.3 is 5.97 Å². The lowest BCUT2D eigenvalue weighted by molar-refractivity contribution is -0.142. The molecule has 1 saturated heterocycles. The molecule has 0 aromatic carbocycles. The van der Waals surface area contributed by atoms with Crippen LogP contribution < -0.4 is 10.6 Å². The number of amides is 1. The highest BCUT2D eigenvalue weighted by molar-refractivity contribution is 5.87. The van der Waals surface area contributed by atoms with E-state index in [1.54, 1.807) is 0 Å². The van der Waals surface area contributed by atoms with E-state index in [1.165, 1.54) is 19.3 Å². The van der Waals surface area contributed by atoms with Crippen molar-refractivity contribution in [3.05, 3.63) is 0 Å². The molecule has 1 aliphatic carbocycles. The van der Waals surface area contributed by atoms with Crippen LogP contribution >= 0.6 is 0 Å². The summed E-state index contributed by atoms with van der Waals surface area (Å²) in [7, 11) is 0. The predicted octanol–water partition coefficient (Wildman–Crippen LogP) is 1.28. The maximum absolute atomic E-state index is 12.1. The molecule has 0 radical (unpaired) electrons. The molecule has 1 saturated carbocycles. The zero-order chi connectivity index (χ0) is 13.8. The van der Waals surface area contributed by atoms with Gasteiger partial charge in [0, 0.05) is 6.04 Å². The summed E-state index contributed by atoms with van der Waals surface area (Å²) in [5.74, 6) is -0.486. The van der Waals surface area contributed by atoms with Crippen LogP contribution in [0, 0.1) is 5.92 Å². The Morgan fingerprint density at radius 2 is 2.11 bits per heavy atom.